The highest BCUT2D eigenvalue weighted by Gasteiger charge is 2.02. The maximum atomic E-state index is 13.0. The predicted molar refractivity (Wildman–Crippen MR) is 51.0 cm³/mol. The van der Waals surface area contributed by atoms with Crippen LogP contribution in [0.15, 0.2) is 23.1 Å². The topological polar surface area (TPSA) is 12.0 Å². The third-order valence-electron chi connectivity index (χ3n) is 1.50. The molecule has 0 aliphatic carbocycles. The van der Waals surface area contributed by atoms with Gasteiger partial charge in [0.1, 0.15) is 11.6 Å². The fourth-order valence-electron chi connectivity index (χ4n) is 0.855. The molecule has 1 nitrogen and oxygen atoms in total. The van der Waals surface area contributed by atoms with Crippen molar-refractivity contribution >= 4 is 11.8 Å². The highest BCUT2D eigenvalue weighted by molar-refractivity contribution is 7.99. The van der Waals surface area contributed by atoms with E-state index in [1.54, 1.807) is 0 Å². The summed E-state index contributed by atoms with van der Waals surface area (Å²) in [6.07, 6.45) is 0. The number of thioether (sulfide) groups is 1. The Bertz CT molecular complexity index is 278. The van der Waals surface area contributed by atoms with E-state index < -0.39 is 11.6 Å². The zero-order valence-electron chi connectivity index (χ0n) is 7.31. The molecule has 0 bridgehead atoms. The van der Waals surface area contributed by atoms with Crippen LogP contribution < -0.4 is 5.32 Å². The molecule has 0 atom stereocenters. The van der Waals surface area contributed by atoms with Crippen LogP contribution in [0.3, 0.4) is 0 Å². The van der Waals surface area contributed by atoms with Crippen LogP contribution in [0.25, 0.3) is 0 Å². The molecule has 0 saturated carbocycles. The molecular weight excluding hydrogens is 192 g/mol. The Morgan fingerprint density at radius 2 is 2.15 bits per heavy atom. The van der Waals surface area contributed by atoms with Gasteiger partial charge in [-0.3, -0.25) is 0 Å². The zero-order chi connectivity index (χ0) is 9.68. The molecule has 1 N–H and O–H groups in total. The van der Waals surface area contributed by atoms with Crippen LogP contribution in [-0.2, 0) is 0 Å². The average molecular weight is 203 g/mol. The van der Waals surface area contributed by atoms with E-state index in [-0.39, 0.29) is 0 Å². The summed E-state index contributed by atoms with van der Waals surface area (Å²) in [4.78, 5) is 0.497. The minimum Gasteiger partial charge on any atom is -0.319 e. The summed E-state index contributed by atoms with van der Waals surface area (Å²) in [5.41, 5.74) is 0. The molecule has 0 fully saturated rings. The molecule has 4 heteroatoms. The molecule has 1 aromatic rings. The lowest BCUT2D eigenvalue weighted by atomic mass is 10.3. The molecule has 1 aromatic carbocycles. The second kappa shape index (κ2) is 5.19. The summed E-state index contributed by atoms with van der Waals surface area (Å²) < 4.78 is 25.5. The Balaban J connectivity index is 2.56. The number of hydrogen-bond donors (Lipinski definition) is 1. The number of halogens is 2. The largest absolute Gasteiger partial charge is 0.319 e. The van der Waals surface area contributed by atoms with Gasteiger partial charge < -0.3 is 5.32 Å². The first-order valence-electron chi connectivity index (χ1n) is 3.96. The van der Waals surface area contributed by atoms with Gasteiger partial charge in [0.25, 0.3) is 0 Å². The molecule has 0 spiro atoms. The van der Waals surface area contributed by atoms with Crippen LogP contribution in [0.4, 0.5) is 8.78 Å². The number of benzene rings is 1. The van der Waals surface area contributed by atoms with Crippen molar-refractivity contribution in [1.29, 1.82) is 0 Å². The summed E-state index contributed by atoms with van der Waals surface area (Å²) >= 11 is 1.38. The fourth-order valence-corrected chi connectivity index (χ4v) is 1.74. The van der Waals surface area contributed by atoms with Gasteiger partial charge in [0, 0.05) is 23.3 Å². The van der Waals surface area contributed by atoms with Gasteiger partial charge >= 0.3 is 0 Å². The maximum absolute atomic E-state index is 13.0. The van der Waals surface area contributed by atoms with Gasteiger partial charge in [-0.05, 0) is 19.2 Å². The molecule has 0 aliphatic heterocycles. The average Bonchev–Trinajstić information content (AvgIpc) is 2.09. The Morgan fingerprint density at radius 3 is 2.77 bits per heavy atom. The smallest absolute Gasteiger partial charge is 0.139 e. The second-order valence-corrected chi connectivity index (χ2v) is 3.66. The first-order valence-corrected chi connectivity index (χ1v) is 4.95. The van der Waals surface area contributed by atoms with E-state index in [0.29, 0.717) is 4.90 Å². The van der Waals surface area contributed by atoms with E-state index in [1.807, 2.05) is 7.05 Å². The third-order valence-corrected chi connectivity index (χ3v) is 2.55. The van der Waals surface area contributed by atoms with Gasteiger partial charge in [-0.2, -0.15) is 0 Å². The van der Waals surface area contributed by atoms with Crippen LogP contribution in [0.1, 0.15) is 0 Å². The number of hydrogen-bond acceptors (Lipinski definition) is 2. The van der Waals surface area contributed by atoms with Gasteiger partial charge in [0.2, 0.25) is 0 Å². The summed E-state index contributed by atoms with van der Waals surface area (Å²) in [5.74, 6) is -0.240. The zero-order valence-corrected chi connectivity index (χ0v) is 8.13. The molecule has 0 aliphatic rings. The fraction of sp³-hybridized carbons (Fsp3) is 0.333. The highest BCUT2D eigenvalue weighted by Crippen LogP contribution is 2.21. The highest BCUT2D eigenvalue weighted by atomic mass is 32.2. The molecule has 0 unspecified atom stereocenters. The molecule has 0 radical (unpaired) electrons. The van der Waals surface area contributed by atoms with Crippen molar-refractivity contribution in [2.75, 3.05) is 19.3 Å². The third kappa shape index (κ3) is 3.32. The van der Waals surface area contributed by atoms with Gasteiger partial charge in [-0.25, -0.2) is 8.78 Å². The normalized spacial score (nSPS) is 10.4. The molecular formula is C9H11F2NS. The quantitative estimate of drug-likeness (QED) is 0.595. The predicted octanol–water partition coefficient (Wildman–Crippen LogP) is 2.28. The van der Waals surface area contributed by atoms with Crippen LogP contribution in [0.5, 0.6) is 0 Å². The molecule has 72 valence electrons. The second-order valence-electron chi connectivity index (χ2n) is 2.53. The molecule has 0 saturated heterocycles. The van der Waals surface area contributed by atoms with Crippen molar-refractivity contribution < 1.29 is 8.78 Å². The minimum absolute atomic E-state index is 0.485. The van der Waals surface area contributed by atoms with Crippen molar-refractivity contribution in [3.05, 3.63) is 29.8 Å². The molecule has 0 aromatic heterocycles. The first-order chi connectivity index (χ1) is 6.24. The lowest BCUT2D eigenvalue weighted by molar-refractivity contribution is 0.565. The Labute approximate surface area is 80.5 Å². The number of rotatable bonds is 4. The van der Waals surface area contributed by atoms with Crippen molar-refractivity contribution in [2.24, 2.45) is 0 Å². The van der Waals surface area contributed by atoms with Crippen molar-refractivity contribution in [1.82, 2.24) is 5.32 Å². The summed E-state index contributed by atoms with van der Waals surface area (Å²) in [6.45, 7) is 0.807. The van der Waals surface area contributed by atoms with Crippen LogP contribution in [0, 0.1) is 11.6 Å². The van der Waals surface area contributed by atoms with Gasteiger partial charge in [-0.15, -0.1) is 11.8 Å². The monoisotopic (exact) mass is 203 g/mol. The van der Waals surface area contributed by atoms with Gasteiger partial charge in [-0.1, -0.05) is 0 Å². The minimum atomic E-state index is -0.532. The molecule has 0 amide bonds. The van der Waals surface area contributed by atoms with Crippen molar-refractivity contribution in [3.8, 4) is 0 Å². The van der Waals surface area contributed by atoms with Crippen molar-refractivity contribution in [2.45, 2.75) is 4.90 Å². The van der Waals surface area contributed by atoms with E-state index in [0.717, 1.165) is 18.4 Å². The summed E-state index contributed by atoms with van der Waals surface area (Å²) in [7, 11) is 1.83. The standard InChI is InChI=1S/C9H11F2NS/c1-12-4-5-13-9-3-2-7(10)6-8(9)11/h2-3,6,12H,4-5H2,1H3. The Morgan fingerprint density at radius 1 is 1.38 bits per heavy atom. The summed E-state index contributed by atoms with van der Waals surface area (Å²) in [5, 5.41) is 2.95. The lowest BCUT2D eigenvalue weighted by Gasteiger charge is -2.02. The van der Waals surface area contributed by atoms with E-state index in [4.69, 9.17) is 0 Å². The van der Waals surface area contributed by atoms with E-state index in [2.05, 4.69) is 5.32 Å². The van der Waals surface area contributed by atoms with E-state index in [9.17, 15) is 8.78 Å². The Kier molecular flexibility index (Phi) is 4.18. The number of nitrogens with one attached hydrogen (secondary N) is 1. The van der Waals surface area contributed by atoms with Gasteiger partial charge in [0.05, 0.1) is 0 Å². The Hall–Kier alpha value is -0.610. The summed E-state index contributed by atoms with van der Waals surface area (Å²) in [6, 6.07) is 3.64. The molecule has 0 heterocycles. The van der Waals surface area contributed by atoms with E-state index in [1.165, 1.54) is 23.9 Å². The molecule has 1 rings (SSSR count). The van der Waals surface area contributed by atoms with E-state index >= 15 is 0 Å². The first kappa shape index (κ1) is 10.5. The lowest BCUT2D eigenvalue weighted by Crippen LogP contribution is -2.09. The SMILES string of the molecule is CNCCSc1ccc(F)cc1F. The maximum Gasteiger partial charge on any atom is 0.139 e. The van der Waals surface area contributed by atoms with Crippen LogP contribution >= 0.6 is 11.8 Å². The van der Waals surface area contributed by atoms with Crippen LogP contribution in [0.2, 0.25) is 0 Å². The van der Waals surface area contributed by atoms with Crippen LogP contribution in [-0.4, -0.2) is 19.3 Å². The van der Waals surface area contributed by atoms with Gasteiger partial charge in [0.15, 0.2) is 0 Å². The molecule has 13 heavy (non-hydrogen) atoms. The van der Waals surface area contributed by atoms with Crippen molar-refractivity contribution in [3.63, 3.8) is 0 Å².